The summed E-state index contributed by atoms with van der Waals surface area (Å²) in [4.78, 5) is 21.6. The van der Waals surface area contributed by atoms with Gasteiger partial charge in [0.15, 0.2) is 5.82 Å². The molecule has 3 aromatic rings. The number of hydrogen-bond donors (Lipinski definition) is 1. The third-order valence-corrected chi connectivity index (χ3v) is 9.32. The van der Waals surface area contributed by atoms with Crippen LogP contribution in [0.4, 0.5) is 19.0 Å². The van der Waals surface area contributed by atoms with Crippen LogP contribution in [0.2, 0.25) is 0 Å². The number of carbonyl (C=O) groups is 1. The van der Waals surface area contributed by atoms with Gasteiger partial charge in [-0.25, -0.2) is 9.67 Å². The van der Waals surface area contributed by atoms with E-state index >= 15 is 0 Å². The van der Waals surface area contributed by atoms with E-state index in [-0.39, 0.29) is 49.2 Å². The van der Waals surface area contributed by atoms with Crippen molar-refractivity contribution in [3.8, 4) is 17.4 Å². The number of alkyl halides is 3. The molecule has 1 aromatic carbocycles. The summed E-state index contributed by atoms with van der Waals surface area (Å²) in [5.41, 5.74) is -1.40. The Morgan fingerprint density at radius 2 is 1.98 bits per heavy atom. The van der Waals surface area contributed by atoms with E-state index in [1.807, 2.05) is 24.3 Å². The Hall–Kier alpha value is -3.41. The van der Waals surface area contributed by atoms with Crippen LogP contribution >= 0.6 is 11.9 Å². The number of nitrogens with one attached hydrogen (secondary N) is 1. The summed E-state index contributed by atoms with van der Waals surface area (Å²) >= 11 is 1.22. The van der Waals surface area contributed by atoms with Gasteiger partial charge in [-0.2, -0.15) is 13.2 Å². The summed E-state index contributed by atoms with van der Waals surface area (Å²) in [7, 11) is 0. The second-order valence-electron chi connectivity index (χ2n) is 11.9. The summed E-state index contributed by atoms with van der Waals surface area (Å²) in [6, 6.07) is 12.9. The first-order valence-electron chi connectivity index (χ1n) is 14.3. The number of rotatable bonds is 5. The van der Waals surface area contributed by atoms with Crippen molar-refractivity contribution in [2.45, 2.75) is 81.4 Å². The van der Waals surface area contributed by atoms with Gasteiger partial charge >= 0.3 is 6.18 Å². The van der Waals surface area contributed by atoms with Gasteiger partial charge in [0.1, 0.15) is 11.6 Å². The van der Waals surface area contributed by atoms with Gasteiger partial charge in [-0.05, 0) is 101 Å². The number of halogens is 3. The minimum Gasteiger partial charge on any atom is -0.494 e. The van der Waals surface area contributed by atoms with Crippen molar-refractivity contribution < 1.29 is 27.4 Å². The number of pyridine rings is 1. The molecule has 42 heavy (non-hydrogen) atoms. The first kappa shape index (κ1) is 28.7. The lowest BCUT2D eigenvalue weighted by atomic mass is 10.0. The van der Waals surface area contributed by atoms with Crippen LogP contribution in [0.3, 0.4) is 0 Å². The molecule has 1 N–H and O–H groups in total. The molecule has 2 aromatic heterocycles. The normalized spacial score (nSPS) is 21.4. The topological polar surface area (TPSA) is 81.5 Å². The lowest BCUT2D eigenvalue weighted by molar-refractivity contribution is -0.190. The van der Waals surface area contributed by atoms with Crippen LogP contribution in [-0.4, -0.2) is 51.6 Å². The number of nitrogens with zero attached hydrogens (tertiary/aromatic N) is 4. The molecule has 0 radical (unpaired) electrons. The minimum atomic E-state index is -4.21. The quantitative estimate of drug-likeness (QED) is 0.325. The van der Waals surface area contributed by atoms with Gasteiger partial charge in [0.2, 0.25) is 5.88 Å². The van der Waals surface area contributed by atoms with Crippen LogP contribution in [0.15, 0.2) is 53.6 Å². The highest BCUT2D eigenvalue weighted by Crippen LogP contribution is 2.59. The molecule has 1 saturated heterocycles. The summed E-state index contributed by atoms with van der Waals surface area (Å²) in [6.45, 7) is 4.85. The van der Waals surface area contributed by atoms with E-state index in [0.29, 0.717) is 23.8 Å². The zero-order chi connectivity index (χ0) is 29.5. The van der Waals surface area contributed by atoms with Gasteiger partial charge in [0.25, 0.3) is 5.91 Å². The number of benzene rings is 1. The Morgan fingerprint density at radius 3 is 2.76 bits per heavy atom. The zero-order valence-electron chi connectivity index (χ0n) is 23.6. The SMILES string of the molecule is CC1(C)CCC2CCCOc3cccc(c3)SNC(=O)c3ccc(-n4ccc(OCCC5(C(F)(F)F)CC5)n4)nc3N21. The van der Waals surface area contributed by atoms with E-state index in [0.717, 1.165) is 36.3 Å². The van der Waals surface area contributed by atoms with Crippen LogP contribution in [0.5, 0.6) is 11.6 Å². The van der Waals surface area contributed by atoms with Crippen molar-refractivity contribution in [2.24, 2.45) is 5.41 Å². The molecular formula is C30H34F3N5O3S. The number of fused-ring (bicyclic) bond motifs is 5. The Kier molecular flexibility index (Phi) is 7.53. The molecule has 12 heteroatoms. The summed E-state index contributed by atoms with van der Waals surface area (Å²) in [6.07, 6.45) is 1.29. The van der Waals surface area contributed by atoms with Crippen molar-refractivity contribution in [1.82, 2.24) is 19.5 Å². The van der Waals surface area contributed by atoms with E-state index in [9.17, 15) is 18.0 Å². The molecule has 0 spiro atoms. The van der Waals surface area contributed by atoms with Crippen LogP contribution < -0.4 is 19.1 Å². The predicted molar refractivity (Wildman–Crippen MR) is 153 cm³/mol. The fourth-order valence-corrected chi connectivity index (χ4v) is 6.55. The maximum Gasteiger partial charge on any atom is 0.394 e. The Morgan fingerprint density at radius 1 is 1.14 bits per heavy atom. The predicted octanol–water partition coefficient (Wildman–Crippen LogP) is 6.74. The number of aromatic nitrogens is 3. The average molecular weight is 602 g/mol. The summed E-state index contributed by atoms with van der Waals surface area (Å²) in [5, 5.41) is 4.42. The molecule has 1 unspecified atom stereocenters. The second kappa shape index (κ2) is 11.0. The highest BCUT2D eigenvalue weighted by Gasteiger charge is 2.62. The molecule has 2 fully saturated rings. The average Bonchev–Trinajstić information content (AvgIpc) is 3.51. The zero-order valence-corrected chi connectivity index (χ0v) is 24.4. The molecule has 3 aliphatic rings. The third kappa shape index (κ3) is 5.77. The molecule has 8 nitrogen and oxygen atoms in total. The maximum atomic E-state index is 13.5. The first-order chi connectivity index (χ1) is 20.0. The van der Waals surface area contributed by atoms with Crippen LogP contribution in [0, 0.1) is 5.41 Å². The Labute approximate surface area is 247 Å². The summed E-state index contributed by atoms with van der Waals surface area (Å²) in [5.74, 6) is 1.80. The molecule has 224 valence electrons. The maximum absolute atomic E-state index is 13.5. The minimum absolute atomic E-state index is 0.0672. The molecule has 1 saturated carbocycles. The van der Waals surface area contributed by atoms with E-state index in [2.05, 4.69) is 28.6 Å². The molecular weight excluding hydrogens is 567 g/mol. The van der Waals surface area contributed by atoms with Crippen LogP contribution in [0.25, 0.3) is 5.82 Å². The van der Waals surface area contributed by atoms with Crippen molar-refractivity contribution in [2.75, 3.05) is 18.1 Å². The number of hydrogen-bond acceptors (Lipinski definition) is 7. The van der Waals surface area contributed by atoms with Crippen molar-refractivity contribution >= 4 is 23.7 Å². The second-order valence-corrected chi connectivity index (χ2v) is 12.8. The van der Waals surface area contributed by atoms with Gasteiger partial charge in [0.05, 0.1) is 24.2 Å². The highest BCUT2D eigenvalue weighted by molar-refractivity contribution is 7.98. The van der Waals surface area contributed by atoms with Crippen LogP contribution in [0.1, 0.15) is 69.2 Å². The molecule has 2 aliphatic heterocycles. The molecule has 6 rings (SSSR count). The largest absolute Gasteiger partial charge is 0.494 e. The smallest absolute Gasteiger partial charge is 0.394 e. The number of anilines is 1. The highest BCUT2D eigenvalue weighted by atomic mass is 32.2. The monoisotopic (exact) mass is 601 g/mol. The number of carbonyl (C=O) groups excluding carboxylic acids is 1. The Balaban J connectivity index is 1.28. The molecule has 1 aliphatic carbocycles. The fourth-order valence-electron chi connectivity index (χ4n) is 5.91. The van der Waals surface area contributed by atoms with Crippen molar-refractivity contribution in [1.29, 1.82) is 0 Å². The third-order valence-electron chi connectivity index (χ3n) is 8.54. The lowest BCUT2D eigenvalue weighted by Gasteiger charge is -2.38. The molecule has 4 heterocycles. The van der Waals surface area contributed by atoms with Gasteiger partial charge in [-0.15, -0.1) is 5.10 Å². The summed E-state index contributed by atoms with van der Waals surface area (Å²) < 4.78 is 55.9. The van der Waals surface area contributed by atoms with E-state index < -0.39 is 11.6 Å². The Bertz CT molecular complexity index is 1460. The molecule has 2 bridgehead atoms. The molecule has 1 amide bonds. The fraction of sp³-hybridized carbons (Fsp3) is 0.500. The van der Waals surface area contributed by atoms with Crippen molar-refractivity contribution in [3.63, 3.8) is 0 Å². The molecule has 1 atom stereocenters. The first-order valence-corrected chi connectivity index (χ1v) is 15.1. The standard InChI is InChI=1S/C30H34F3N5O3S/c1-28(2)12-10-20-5-4-17-40-21-6-3-7-22(19-21)42-36-27(39)23-8-9-24(34-26(23)38(20)28)37-16-11-25(35-37)41-18-15-29(13-14-29)30(31,32)33/h3,6-9,11,16,19-20H,4-5,10,12-15,17-18H2,1-2H3,(H,36,39). The van der Waals surface area contributed by atoms with Gasteiger partial charge in [-0.3, -0.25) is 9.52 Å². The number of ether oxygens (including phenoxy) is 2. The number of amides is 1. The van der Waals surface area contributed by atoms with E-state index in [1.54, 1.807) is 24.4 Å². The van der Waals surface area contributed by atoms with E-state index in [4.69, 9.17) is 14.5 Å². The van der Waals surface area contributed by atoms with Crippen molar-refractivity contribution in [3.05, 3.63) is 54.2 Å². The van der Waals surface area contributed by atoms with Crippen LogP contribution in [-0.2, 0) is 0 Å². The lowest BCUT2D eigenvalue weighted by Crippen LogP contribution is -2.45. The van der Waals surface area contributed by atoms with Gasteiger partial charge in [0, 0.05) is 28.7 Å². The van der Waals surface area contributed by atoms with E-state index in [1.165, 1.54) is 16.6 Å². The van der Waals surface area contributed by atoms with Gasteiger partial charge in [-0.1, -0.05) is 6.07 Å². The van der Waals surface area contributed by atoms with Gasteiger partial charge < -0.3 is 14.4 Å².